The molecule has 18 heavy (non-hydrogen) atoms. The van der Waals surface area contributed by atoms with E-state index in [0.717, 1.165) is 23.7 Å². The lowest BCUT2D eigenvalue weighted by Crippen LogP contribution is -2.24. The van der Waals surface area contributed by atoms with E-state index in [9.17, 15) is 0 Å². The van der Waals surface area contributed by atoms with Crippen molar-refractivity contribution in [2.75, 3.05) is 18.0 Å². The summed E-state index contributed by atoms with van der Waals surface area (Å²) < 4.78 is 0. The standard InChI is InChI=1S/C15H21Cl2N/c1-15(2)6-3-8-18(9-7-15)13-5-4-12(11-16)14(17)10-13/h4-5,10H,3,6-9,11H2,1-2H3. The molecule has 0 bridgehead atoms. The van der Waals surface area contributed by atoms with Crippen molar-refractivity contribution in [2.24, 2.45) is 5.41 Å². The lowest BCUT2D eigenvalue weighted by molar-refractivity contribution is 0.325. The van der Waals surface area contributed by atoms with Crippen LogP contribution in [0.3, 0.4) is 0 Å². The number of alkyl halides is 1. The van der Waals surface area contributed by atoms with E-state index in [1.54, 1.807) is 0 Å². The molecule has 1 aromatic rings. The molecule has 0 aliphatic carbocycles. The molecule has 1 nitrogen and oxygen atoms in total. The summed E-state index contributed by atoms with van der Waals surface area (Å²) in [6, 6.07) is 6.24. The number of benzene rings is 1. The summed E-state index contributed by atoms with van der Waals surface area (Å²) >= 11 is 12.1. The Hall–Kier alpha value is -0.400. The van der Waals surface area contributed by atoms with Gasteiger partial charge in [0.2, 0.25) is 0 Å². The van der Waals surface area contributed by atoms with E-state index in [4.69, 9.17) is 23.2 Å². The molecule has 1 fully saturated rings. The van der Waals surface area contributed by atoms with Crippen molar-refractivity contribution in [1.29, 1.82) is 0 Å². The predicted molar refractivity (Wildman–Crippen MR) is 80.9 cm³/mol. The highest BCUT2D eigenvalue weighted by Crippen LogP contribution is 2.33. The quantitative estimate of drug-likeness (QED) is 0.684. The van der Waals surface area contributed by atoms with Gasteiger partial charge in [0.1, 0.15) is 0 Å². The fraction of sp³-hybridized carbons (Fsp3) is 0.600. The largest absolute Gasteiger partial charge is 0.371 e. The van der Waals surface area contributed by atoms with Crippen molar-refractivity contribution >= 4 is 28.9 Å². The monoisotopic (exact) mass is 285 g/mol. The number of hydrogen-bond acceptors (Lipinski definition) is 1. The Bertz CT molecular complexity index is 415. The van der Waals surface area contributed by atoms with Crippen molar-refractivity contribution in [2.45, 2.75) is 39.0 Å². The third kappa shape index (κ3) is 3.33. The summed E-state index contributed by atoms with van der Waals surface area (Å²) in [7, 11) is 0. The van der Waals surface area contributed by atoms with E-state index < -0.39 is 0 Å². The number of nitrogens with zero attached hydrogens (tertiary/aromatic N) is 1. The van der Waals surface area contributed by atoms with Gasteiger partial charge in [-0.05, 0) is 42.4 Å². The second kappa shape index (κ2) is 5.71. The molecule has 1 heterocycles. The number of hydrogen-bond donors (Lipinski definition) is 0. The van der Waals surface area contributed by atoms with Crippen LogP contribution in [-0.2, 0) is 5.88 Å². The molecule has 0 unspecified atom stereocenters. The van der Waals surface area contributed by atoms with Crippen molar-refractivity contribution in [3.63, 3.8) is 0 Å². The Morgan fingerprint density at radius 2 is 2.00 bits per heavy atom. The molecule has 1 aliphatic heterocycles. The predicted octanol–water partition coefficient (Wildman–Crippen LogP) is 5.10. The Kier molecular flexibility index (Phi) is 4.45. The molecule has 1 aliphatic rings. The first-order valence-corrected chi connectivity index (χ1v) is 7.52. The van der Waals surface area contributed by atoms with Gasteiger partial charge in [-0.15, -0.1) is 11.6 Å². The molecule has 2 rings (SSSR count). The third-order valence-corrected chi connectivity index (χ3v) is 4.53. The van der Waals surface area contributed by atoms with Gasteiger partial charge in [0, 0.05) is 29.7 Å². The second-order valence-electron chi connectivity index (χ2n) is 5.91. The first-order chi connectivity index (χ1) is 8.52. The summed E-state index contributed by atoms with van der Waals surface area (Å²) in [4.78, 5) is 2.44. The van der Waals surface area contributed by atoms with Gasteiger partial charge in [0.15, 0.2) is 0 Å². The van der Waals surface area contributed by atoms with Gasteiger partial charge in [-0.3, -0.25) is 0 Å². The van der Waals surface area contributed by atoms with Gasteiger partial charge in [-0.25, -0.2) is 0 Å². The van der Waals surface area contributed by atoms with E-state index in [2.05, 4.69) is 30.9 Å². The minimum Gasteiger partial charge on any atom is -0.371 e. The Morgan fingerprint density at radius 1 is 1.22 bits per heavy atom. The smallest absolute Gasteiger partial charge is 0.0488 e. The maximum atomic E-state index is 6.23. The van der Waals surface area contributed by atoms with Gasteiger partial charge >= 0.3 is 0 Å². The van der Waals surface area contributed by atoms with Gasteiger partial charge in [0.05, 0.1) is 0 Å². The molecule has 1 saturated heterocycles. The van der Waals surface area contributed by atoms with Crippen LogP contribution in [0.2, 0.25) is 5.02 Å². The fourth-order valence-corrected chi connectivity index (χ4v) is 3.07. The second-order valence-corrected chi connectivity index (χ2v) is 6.59. The van der Waals surface area contributed by atoms with Crippen LogP contribution in [-0.4, -0.2) is 13.1 Å². The van der Waals surface area contributed by atoms with Gasteiger partial charge in [-0.2, -0.15) is 0 Å². The molecule has 100 valence electrons. The first-order valence-electron chi connectivity index (χ1n) is 6.61. The zero-order chi connectivity index (χ0) is 13.2. The van der Waals surface area contributed by atoms with Gasteiger partial charge < -0.3 is 4.90 Å². The maximum Gasteiger partial charge on any atom is 0.0488 e. The summed E-state index contributed by atoms with van der Waals surface area (Å²) in [5, 5.41) is 0.783. The number of rotatable bonds is 2. The van der Waals surface area contributed by atoms with E-state index in [1.807, 2.05) is 6.07 Å². The molecular weight excluding hydrogens is 265 g/mol. The minimum absolute atomic E-state index is 0.467. The summed E-state index contributed by atoms with van der Waals surface area (Å²) in [5.74, 6) is 0.478. The highest BCUT2D eigenvalue weighted by molar-refractivity contribution is 6.32. The van der Waals surface area contributed by atoms with Gasteiger partial charge in [0.25, 0.3) is 0 Å². The number of anilines is 1. The van der Waals surface area contributed by atoms with Gasteiger partial charge in [-0.1, -0.05) is 31.5 Å². The molecule has 0 saturated carbocycles. The topological polar surface area (TPSA) is 3.24 Å². The van der Waals surface area contributed by atoms with Crippen LogP contribution in [0.1, 0.15) is 38.7 Å². The van der Waals surface area contributed by atoms with Crippen LogP contribution in [0.15, 0.2) is 18.2 Å². The first kappa shape index (κ1) is 14.0. The summed E-state index contributed by atoms with van der Waals surface area (Å²) in [6.07, 6.45) is 3.79. The van der Waals surface area contributed by atoms with Crippen LogP contribution >= 0.6 is 23.2 Å². The number of halogens is 2. The zero-order valence-electron chi connectivity index (χ0n) is 11.2. The Morgan fingerprint density at radius 3 is 2.67 bits per heavy atom. The molecule has 1 aromatic carbocycles. The van der Waals surface area contributed by atoms with Crippen LogP contribution in [0.5, 0.6) is 0 Å². The minimum atomic E-state index is 0.467. The molecule has 0 N–H and O–H groups in total. The fourth-order valence-electron chi connectivity index (χ4n) is 2.52. The lowest BCUT2D eigenvalue weighted by Gasteiger charge is -2.25. The normalized spacial score (nSPS) is 19.7. The van der Waals surface area contributed by atoms with Crippen molar-refractivity contribution < 1.29 is 0 Å². The average molecular weight is 286 g/mol. The van der Waals surface area contributed by atoms with E-state index in [-0.39, 0.29) is 0 Å². The van der Waals surface area contributed by atoms with Crippen LogP contribution in [0.25, 0.3) is 0 Å². The van der Waals surface area contributed by atoms with Crippen LogP contribution < -0.4 is 4.90 Å². The molecule has 0 spiro atoms. The zero-order valence-corrected chi connectivity index (χ0v) is 12.7. The van der Waals surface area contributed by atoms with E-state index in [0.29, 0.717) is 11.3 Å². The maximum absolute atomic E-state index is 6.23. The van der Waals surface area contributed by atoms with Crippen LogP contribution in [0, 0.1) is 5.41 Å². The molecule has 3 heteroatoms. The Balaban J connectivity index is 2.14. The highest BCUT2D eigenvalue weighted by Gasteiger charge is 2.23. The summed E-state index contributed by atoms with van der Waals surface area (Å²) in [6.45, 7) is 6.96. The van der Waals surface area contributed by atoms with Crippen molar-refractivity contribution in [3.8, 4) is 0 Å². The molecular formula is C15H21Cl2N. The van der Waals surface area contributed by atoms with Crippen molar-refractivity contribution in [1.82, 2.24) is 0 Å². The van der Waals surface area contributed by atoms with E-state index >= 15 is 0 Å². The lowest BCUT2D eigenvalue weighted by atomic mass is 9.85. The average Bonchev–Trinajstić information content (AvgIpc) is 2.50. The SMILES string of the molecule is CC1(C)CCCN(c2ccc(CCl)c(Cl)c2)CC1. The van der Waals surface area contributed by atoms with E-state index in [1.165, 1.54) is 24.9 Å². The van der Waals surface area contributed by atoms with Crippen molar-refractivity contribution in [3.05, 3.63) is 28.8 Å². The molecule has 0 radical (unpaired) electrons. The van der Waals surface area contributed by atoms with Crippen LogP contribution in [0.4, 0.5) is 5.69 Å². The Labute approximate surface area is 120 Å². The third-order valence-electron chi connectivity index (χ3n) is 3.89. The molecule has 0 aromatic heterocycles. The molecule has 0 atom stereocenters. The highest BCUT2D eigenvalue weighted by atomic mass is 35.5. The molecule has 0 amide bonds. The summed E-state index contributed by atoms with van der Waals surface area (Å²) in [5.41, 5.74) is 2.71.